The Hall–Kier alpha value is -2.87. The summed E-state index contributed by atoms with van der Waals surface area (Å²) in [6.45, 7) is 0. The molecule has 7 N–H and O–H groups in total. The molecule has 2 amide bonds. The maximum atomic E-state index is 11.9. The van der Waals surface area contributed by atoms with E-state index < -0.39 is 29.9 Å². The Kier molecular flexibility index (Phi) is 4.97. The van der Waals surface area contributed by atoms with Gasteiger partial charge in [0.25, 0.3) is 0 Å². The number of para-hydroxylation sites is 1. The summed E-state index contributed by atoms with van der Waals surface area (Å²) < 4.78 is 0. The highest BCUT2D eigenvalue weighted by Crippen LogP contribution is 2.19. The van der Waals surface area contributed by atoms with Gasteiger partial charge in [0, 0.05) is 23.5 Å². The van der Waals surface area contributed by atoms with Crippen LogP contribution >= 0.6 is 0 Å². The Bertz CT molecular complexity index is 740. The number of rotatable bonds is 7. The first-order valence-electron chi connectivity index (χ1n) is 7.00. The lowest BCUT2D eigenvalue weighted by Crippen LogP contribution is -2.50. The minimum Gasteiger partial charge on any atom is -0.480 e. The van der Waals surface area contributed by atoms with Crippen molar-refractivity contribution in [3.05, 3.63) is 36.0 Å². The van der Waals surface area contributed by atoms with Crippen LogP contribution in [-0.4, -0.2) is 40.0 Å². The Morgan fingerprint density at radius 2 is 1.96 bits per heavy atom. The van der Waals surface area contributed by atoms with Crippen molar-refractivity contribution in [2.24, 2.45) is 11.5 Å². The molecule has 2 atom stereocenters. The minimum absolute atomic E-state index is 0.0916. The number of carboxylic acids is 1. The van der Waals surface area contributed by atoms with Gasteiger partial charge in [-0.2, -0.15) is 0 Å². The molecule has 0 radical (unpaired) electrons. The summed E-state index contributed by atoms with van der Waals surface area (Å²) in [5.74, 6) is -2.64. The molecule has 1 heterocycles. The average molecular weight is 318 g/mol. The fourth-order valence-electron chi connectivity index (χ4n) is 2.31. The summed E-state index contributed by atoms with van der Waals surface area (Å²) >= 11 is 0. The van der Waals surface area contributed by atoms with E-state index in [4.69, 9.17) is 11.5 Å². The first kappa shape index (κ1) is 16.5. The number of nitrogens with two attached hydrogens (primary N) is 2. The molecule has 2 aromatic rings. The van der Waals surface area contributed by atoms with Crippen LogP contribution in [0.1, 0.15) is 12.0 Å². The number of carboxylic acid groups (broad SMARTS) is 1. The second kappa shape index (κ2) is 6.93. The van der Waals surface area contributed by atoms with Crippen LogP contribution in [0, 0.1) is 0 Å². The van der Waals surface area contributed by atoms with Crippen molar-refractivity contribution < 1.29 is 19.5 Å². The van der Waals surface area contributed by atoms with Gasteiger partial charge in [-0.15, -0.1) is 0 Å². The summed E-state index contributed by atoms with van der Waals surface area (Å²) in [6.07, 6.45) is 1.45. The Morgan fingerprint density at radius 1 is 1.26 bits per heavy atom. The lowest BCUT2D eigenvalue weighted by atomic mass is 10.0. The van der Waals surface area contributed by atoms with Crippen molar-refractivity contribution in [1.82, 2.24) is 10.3 Å². The Balaban J connectivity index is 2.11. The third kappa shape index (κ3) is 4.07. The second-order valence-electron chi connectivity index (χ2n) is 5.24. The number of H-pyrrole nitrogens is 1. The molecule has 0 aliphatic rings. The van der Waals surface area contributed by atoms with Crippen LogP contribution in [-0.2, 0) is 20.8 Å². The second-order valence-corrected chi connectivity index (χ2v) is 5.24. The van der Waals surface area contributed by atoms with Gasteiger partial charge in [-0.1, -0.05) is 18.2 Å². The number of aromatic nitrogens is 1. The van der Waals surface area contributed by atoms with Crippen LogP contribution in [0.3, 0.4) is 0 Å². The third-order valence-electron chi connectivity index (χ3n) is 3.47. The van der Waals surface area contributed by atoms with E-state index in [1.54, 1.807) is 6.20 Å². The molecule has 0 saturated carbocycles. The number of benzene rings is 1. The summed E-state index contributed by atoms with van der Waals surface area (Å²) in [6, 6.07) is 5.12. The standard InChI is InChI=1S/C15H18N4O4/c16-10(6-13(17)20)14(21)19-12(15(22)23)5-8-7-18-11-4-2-1-3-9(8)11/h1-4,7,10,12,18H,5-6,16H2,(H2,17,20)(H,19,21)(H,22,23). The number of amides is 2. The predicted molar refractivity (Wildman–Crippen MR) is 83.4 cm³/mol. The number of fused-ring (bicyclic) bond motifs is 1. The van der Waals surface area contributed by atoms with E-state index in [2.05, 4.69) is 10.3 Å². The summed E-state index contributed by atoms with van der Waals surface area (Å²) in [5.41, 5.74) is 12.1. The number of carbonyl (C=O) groups excluding carboxylic acids is 2. The van der Waals surface area contributed by atoms with Gasteiger partial charge in [0.1, 0.15) is 6.04 Å². The van der Waals surface area contributed by atoms with Gasteiger partial charge in [0.05, 0.1) is 12.5 Å². The van der Waals surface area contributed by atoms with E-state index >= 15 is 0 Å². The van der Waals surface area contributed by atoms with E-state index in [1.165, 1.54) is 0 Å². The Labute approximate surface area is 131 Å². The zero-order chi connectivity index (χ0) is 17.0. The molecule has 0 aliphatic carbocycles. The van der Waals surface area contributed by atoms with E-state index in [0.717, 1.165) is 16.5 Å². The molecule has 0 saturated heterocycles. The van der Waals surface area contributed by atoms with Gasteiger partial charge in [0.15, 0.2) is 0 Å². The minimum atomic E-state index is -1.19. The fraction of sp³-hybridized carbons (Fsp3) is 0.267. The lowest BCUT2D eigenvalue weighted by Gasteiger charge is -2.17. The van der Waals surface area contributed by atoms with Gasteiger partial charge in [0.2, 0.25) is 11.8 Å². The molecule has 23 heavy (non-hydrogen) atoms. The highest BCUT2D eigenvalue weighted by Gasteiger charge is 2.25. The zero-order valence-electron chi connectivity index (χ0n) is 12.3. The number of aromatic amines is 1. The van der Waals surface area contributed by atoms with Crippen LogP contribution in [0.5, 0.6) is 0 Å². The predicted octanol–water partition coefficient (Wildman–Crippen LogP) is -0.517. The first-order valence-corrected chi connectivity index (χ1v) is 7.00. The lowest BCUT2D eigenvalue weighted by molar-refractivity contribution is -0.142. The molecule has 2 rings (SSSR count). The normalized spacial score (nSPS) is 13.4. The topological polar surface area (TPSA) is 151 Å². The fourth-order valence-corrected chi connectivity index (χ4v) is 2.31. The molecule has 1 aromatic carbocycles. The van der Waals surface area contributed by atoms with Crippen molar-refractivity contribution in [1.29, 1.82) is 0 Å². The van der Waals surface area contributed by atoms with Crippen molar-refractivity contribution >= 4 is 28.7 Å². The molecule has 2 unspecified atom stereocenters. The van der Waals surface area contributed by atoms with E-state index in [0.29, 0.717) is 0 Å². The quantitative estimate of drug-likeness (QED) is 0.465. The number of hydrogen-bond acceptors (Lipinski definition) is 4. The van der Waals surface area contributed by atoms with E-state index in [9.17, 15) is 19.5 Å². The smallest absolute Gasteiger partial charge is 0.326 e. The summed E-state index contributed by atoms with van der Waals surface area (Å²) in [5, 5.41) is 12.5. The third-order valence-corrected chi connectivity index (χ3v) is 3.47. The van der Waals surface area contributed by atoms with Crippen LogP contribution in [0.25, 0.3) is 10.9 Å². The van der Waals surface area contributed by atoms with Gasteiger partial charge in [-0.3, -0.25) is 9.59 Å². The molecule has 8 heteroatoms. The van der Waals surface area contributed by atoms with Crippen molar-refractivity contribution in [3.8, 4) is 0 Å². The van der Waals surface area contributed by atoms with Gasteiger partial charge >= 0.3 is 5.97 Å². The molecule has 0 fully saturated rings. The molecule has 0 spiro atoms. The van der Waals surface area contributed by atoms with Gasteiger partial charge < -0.3 is 26.9 Å². The van der Waals surface area contributed by atoms with Crippen LogP contribution in [0.2, 0.25) is 0 Å². The highest BCUT2D eigenvalue weighted by molar-refractivity contribution is 5.91. The molecular formula is C15H18N4O4. The monoisotopic (exact) mass is 318 g/mol. The molecule has 1 aromatic heterocycles. The largest absolute Gasteiger partial charge is 0.480 e. The molecule has 0 aliphatic heterocycles. The van der Waals surface area contributed by atoms with Crippen LogP contribution in [0.15, 0.2) is 30.5 Å². The van der Waals surface area contributed by atoms with E-state index in [1.807, 2.05) is 24.3 Å². The summed E-state index contributed by atoms with van der Waals surface area (Å²) in [7, 11) is 0. The van der Waals surface area contributed by atoms with Crippen molar-refractivity contribution in [2.75, 3.05) is 0 Å². The highest BCUT2D eigenvalue weighted by atomic mass is 16.4. The van der Waals surface area contributed by atoms with Crippen molar-refractivity contribution in [2.45, 2.75) is 24.9 Å². The van der Waals surface area contributed by atoms with E-state index in [-0.39, 0.29) is 12.8 Å². The number of aliphatic carboxylic acids is 1. The maximum Gasteiger partial charge on any atom is 0.326 e. The van der Waals surface area contributed by atoms with Gasteiger partial charge in [-0.05, 0) is 11.6 Å². The number of primary amides is 1. The van der Waals surface area contributed by atoms with Gasteiger partial charge in [-0.25, -0.2) is 4.79 Å². The molecule has 122 valence electrons. The molecular weight excluding hydrogens is 300 g/mol. The molecule has 8 nitrogen and oxygen atoms in total. The Morgan fingerprint density at radius 3 is 2.61 bits per heavy atom. The van der Waals surface area contributed by atoms with Crippen molar-refractivity contribution in [3.63, 3.8) is 0 Å². The molecule has 0 bridgehead atoms. The summed E-state index contributed by atoms with van der Waals surface area (Å²) in [4.78, 5) is 37.1. The van der Waals surface area contributed by atoms with Crippen LogP contribution in [0.4, 0.5) is 0 Å². The average Bonchev–Trinajstić information content (AvgIpc) is 2.89. The number of hydrogen-bond donors (Lipinski definition) is 5. The number of nitrogens with one attached hydrogen (secondary N) is 2. The first-order chi connectivity index (χ1) is 10.9. The zero-order valence-corrected chi connectivity index (χ0v) is 12.3. The number of carbonyl (C=O) groups is 3. The SMILES string of the molecule is NC(=O)CC(N)C(=O)NC(Cc1c[nH]c2ccccc12)C(=O)O. The van der Waals surface area contributed by atoms with Crippen LogP contribution < -0.4 is 16.8 Å². The maximum absolute atomic E-state index is 11.9.